The molecule has 8 nitrogen and oxygen atoms in total. The molecule has 180 valence electrons. The lowest BCUT2D eigenvalue weighted by atomic mass is 9.95. The van der Waals surface area contributed by atoms with Gasteiger partial charge in [0.2, 0.25) is 5.91 Å². The number of hydrogen-bond donors (Lipinski definition) is 2. The highest BCUT2D eigenvalue weighted by Crippen LogP contribution is 2.23. The molecule has 0 fully saturated rings. The predicted molar refractivity (Wildman–Crippen MR) is 126 cm³/mol. The number of nitrogens with zero attached hydrogens (tertiary/aromatic N) is 1. The summed E-state index contributed by atoms with van der Waals surface area (Å²) in [5, 5.41) is 5.53. The molecule has 0 bridgehead atoms. The van der Waals surface area contributed by atoms with Gasteiger partial charge in [-0.1, -0.05) is 33.3 Å². The van der Waals surface area contributed by atoms with Gasteiger partial charge in [0, 0.05) is 24.4 Å². The molecule has 0 aromatic heterocycles. The molecule has 0 aromatic carbocycles. The smallest absolute Gasteiger partial charge is 0.407 e. The third kappa shape index (κ3) is 16.6. The van der Waals surface area contributed by atoms with Crippen molar-refractivity contribution in [2.24, 2.45) is 5.41 Å². The van der Waals surface area contributed by atoms with Gasteiger partial charge in [0.1, 0.15) is 6.61 Å². The molecule has 0 aromatic rings. The highest BCUT2D eigenvalue weighted by atomic mass is 32.2. The number of carbonyl (C=O) groups is 3. The monoisotopic (exact) mass is 459 g/mol. The average Bonchev–Trinajstić information content (AvgIpc) is 2.69. The standard InChI is InChI=1S/C22H41N3O5S/c1-18(2)19(26)29-15-12-24-21(28)30-14-9-7-8-10-16-31-17-22(3,4)20(27)23-11-13-25(5)6/h1,7-17H2,2-6H3,(H,23,27)(H,24,28). The first kappa shape index (κ1) is 29.3. The average molecular weight is 460 g/mol. The first-order chi connectivity index (χ1) is 14.6. The van der Waals surface area contributed by atoms with Crippen LogP contribution in [-0.4, -0.2) is 81.3 Å². The summed E-state index contributed by atoms with van der Waals surface area (Å²) in [4.78, 5) is 37.0. The second-order valence-corrected chi connectivity index (χ2v) is 9.49. The van der Waals surface area contributed by atoms with E-state index in [0.717, 1.165) is 43.7 Å². The number of carbonyl (C=O) groups excluding carboxylic acids is 3. The predicted octanol–water partition coefficient (Wildman–Crippen LogP) is 2.83. The van der Waals surface area contributed by atoms with Crippen molar-refractivity contribution in [3.8, 4) is 0 Å². The molecule has 31 heavy (non-hydrogen) atoms. The van der Waals surface area contributed by atoms with Crippen molar-refractivity contribution in [1.82, 2.24) is 15.5 Å². The zero-order valence-electron chi connectivity index (χ0n) is 19.9. The van der Waals surface area contributed by atoms with Crippen LogP contribution in [0.3, 0.4) is 0 Å². The topological polar surface area (TPSA) is 97.0 Å². The molecule has 0 aliphatic carbocycles. The third-order valence-corrected chi connectivity index (χ3v) is 5.79. The SMILES string of the molecule is C=C(C)C(=O)OCCNC(=O)OCCCCCCSCC(C)(C)C(=O)NCCN(C)C. The molecule has 0 aliphatic rings. The number of amides is 2. The molecule has 2 amide bonds. The number of rotatable bonds is 17. The van der Waals surface area contributed by atoms with E-state index >= 15 is 0 Å². The maximum Gasteiger partial charge on any atom is 0.407 e. The van der Waals surface area contributed by atoms with Gasteiger partial charge in [-0.2, -0.15) is 11.8 Å². The van der Waals surface area contributed by atoms with E-state index in [1.54, 1.807) is 18.7 Å². The van der Waals surface area contributed by atoms with E-state index in [1.165, 1.54) is 0 Å². The summed E-state index contributed by atoms with van der Waals surface area (Å²) in [5.74, 6) is 1.44. The van der Waals surface area contributed by atoms with E-state index in [4.69, 9.17) is 9.47 Å². The van der Waals surface area contributed by atoms with Crippen LogP contribution >= 0.6 is 11.8 Å². The van der Waals surface area contributed by atoms with Crippen LogP contribution in [0.25, 0.3) is 0 Å². The first-order valence-electron chi connectivity index (χ1n) is 10.8. The molecule has 0 saturated heterocycles. The first-order valence-corrected chi connectivity index (χ1v) is 12.0. The molecule has 0 atom stereocenters. The van der Waals surface area contributed by atoms with Crippen LogP contribution in [0.1, 0.15) is 46.5 Å². The van der Waals surface area contributed by atoms with Crippen molar-refractivity contribution in [1.29, 1.82) is 0 Å². The second-order valence-electron chi connectivity index (χ2n) is 8.39. The van der Waals surface area contributed by atoms with E-state index in [1.807, 2.05) is 32.8 Å². The maximum atomic E-state index is 12.3. The van der Waals surface area contributed by atoms with E-state index < -0.39 is 12.1 Å². The lowest BCUT2D eigenvalue weighted by Gasteiger charge is -2.23. The number of ether oxygens (including phenoxy) is 2. The summed E-state index contributed by atoms with van der Waals surface area (Å²) < 4.78 is 9.95. The molecule has 0 radical (unpaired) electrons. The Balaban J connectivity index is 3.60. The Morgan fingerprint density at radius 3 is 2.29 bits per heavy atom. The quantitative estimate of drug-likeness (QED) is 0.196. The summed E-state index contributed by atoms with van der Waals surface area (Å²) in [6.45, 7) is 11.2. The molecule has 9 heteroatoms. The Hall–Kier alpha value is -1.74. The number of nitrogens with one attached hydrogen (secondary N) is 2. The van der Waals surface area contributed by atoms with E-state index in [2.05, 4.69) is 17.2 Å². The van der Waals surface area contributed by atoms with Crippen LogP contribution in [0, 0.1) is 5.41 Å². The summed E-state index contributed by atoms with van der Waals surface area (Å²) in [5.41, 5.74) is -0.0492. The van der Waals surface area contributed by atoms with Gasteiger partial charge in [0.15, 0.2) is 0 Å². The van der Waals surface area contributed by atoms with Gasteiger partial charge in [-0.15, -0.1) is 0 Å². The summed E-state index contributed by atoms with van der Waals surface area (Å²) in [6.07, 6.45) is 3.42. The Morgan fingerprint density at radius 2 is 1.65 bits per heavy atom. The highest BCUT2D eigenvalue weighted by Gasteiger charge is 2.26. The Labute approximate surface area is 191 Å². The van der Waals surface area contributed by atoms with Crippen molar-refractivity contribution in [3.05, 3.63) is 12.2 Å². The number of likely N-dealkylation sites (N-methyl/N-ethyl adjacent to an activating group) is 1. The summed E-state index contributed by atoms with van der Waals surface area (Å²) >= 11 is 1.80. The summed E-state index contributed by atoms with van der Waals surface area (Å²) in [7, 11) is 3.97. The molecular weight excluding hydrogens is 418 g/mol. The largest absolute Gasteiger partial charge is 0.460 e. The van der Waals surface area contributed by atoms with Gasteiger partial charge < -0.3 is 25.0 Å². The van der Waals surface area contributed by atoms with Gasteiger partial charge in [-0.3, -0.25) is 4.79 Å². The lowest BCUT2D eigenvalue weighted by Crippen LogP contribution is -2.41. The second kappa shape index (κ2) is 16.9. The highest BCUT2D eigenvalue weighted by molar-refractivity contribution is 7.99. The van der Waals surface area contributed by atoms with Crippen molar-refractivity contribution in [2.75, 3.05) is 58.4 Å². The molecule has 2 N–H and O–H groups in total. The fourth-order valence-corrected chi connectivity index (χ4v) is 3.51. The van der Waals surface area contributed by atoms with Crippen LogP contribution in [0.2, 0.25) is 0 Å². The lowest BCUT2D eigenvalue weighted by molar-refractivity contribution is -0.138. The van der Waals surface area contributed by atoms with Gasteiger partial charge in [0.25, 0.3) is 0 Å². The molecule has 0 rings (SSSR count). The zero-order chi connectivity index (χ0) is 23.7. The van der Waals surface area contributed by atoms with Crippen molar-refractivity contribution in [2.45, 2.75) is 46.5 Å². The van der Waals surface area contributed by atoms with Crippen LogP contribution in [0.5, 0.6) is 0 Å². The summed E-state index contributed by atoms with van der Waals surface area (Å²) in [6, 6.07) is 0. The minimum Gasteiger partial charge on any atom is -0.460 e. The number of hydrogen-bond acceptors (Lipinski definition) is 7. The minimum absolute atomic E-state index is 0.0903. The van der Waals surface area contributed by atoms with Gasteiger partial charge >= 0.3 is 12.1 Å². The minimum atomic E-state index is -0.506. The third-order valence-electron chi connectivity index (χ3n) is 4.29. The Bertz CT molecular complexity index is 567. The van der Waals surface area contributed by atoms with Crippen LogP contribution < -0.4 is 10.6 Å². The molecule has 0 heterocycles. The number of unbranched alkanes of at least 4 members (excludes halogenated alkanes) is 3. The number of alkyl carbamates (subject to hydrolysis) is 1. The normalized spacial score (nSPS) is 11.2. The number of esters is 1. The molecule has 0 unspecified atom stereocenters. The van der Waals surface area contributed by atoms with Crippen LogP contribution in [0.4, 0.5) is 4.79 Å². The van der Waals surface area contributed by atoms with Gasteiger partial charge in [-0.05, 0) is 39.6 Å². The van der Waals surface area contributed by atoms with Crippen LogP contribution in [0.15, 0.2) is 12.2 Å². The Kier molecular flexibility index (Phi) is 15.9. The fourth-order valence-electron chi connectivity index (χ4n) is 2.32. The Morgan fingerprint density at radius 1 is 0.968 bits per heavy atom. The van der Waals surface area contributed by atoms with E-state index in [-0.39, 0.29) is 24.5 Å². The maximum absolute atomic E-state index is 12.3. The van der Waals surface area contributed by atoms with Crippen molar-refractivity contribution >= 4 is 29.7 Å². The molecule has 0 saturated carbocycles. The van der Waals surface area contributed by atoms with E-state index in [0.29, 0.717) is 18.7 Å². The molecular formula is C22H41N3O5S. The van der Waals surface area contributed by atoms with E-state index in [9.17, 15) is 14.4 Å². The van der Waals surface area contributed by atoms with Crippen LogP contribution in [-0.2, 0) is 19.1 Å². The van der Waals surface area contributed by atoms with Crippen molar-refractivity contribution in [3.63, 3.8) is 0 Å². The van der Waals surface area contributed by atoms with Gasteiger partial charge in [-0.25, -0.2) is 9.59 Å². The molecule has 0 aliphatic heterocycles. The van der Waals surface area contributed by atoms with Crippen molar-refractivity contribution < 1.29 is 23.9 Å². The zero-order valence-corrected chi connectivity index (χ0v) is 20.7. The molecule has 0 spiro atoms. The van der Waals surface area contributed by atoms with Gasteiger partial charge in [0.05, 0.1) is 18.6 Å². The fraction of sp³-hybridized carbons (Fsp3) is 0.773. The number of thioether (sulfide) groups is 1.